The molecule has 7 heteroatoms. The summed E-state index contributed by atoms with van der Waals surface area (Å²) in [6, 6.07) is 5.82. The van der Waals surface area contributed by atoms with E-state index in [2.05, 4.69) is 11.9 Å². The number of nitrogens with two attached hydrogens (primary N) is 1. The van der Waals surface area contributed by atoms with Gasteiger partial charge in [-0.15, -0.1) is 36.2 Å². The number of benzene rings is 1. The Morgan fingerprint density at radius 2 is 2.12 bits per heavy atom. The molecular weight excluding hydrogens is 365 g/mol. The SMILES string of the molecule is CCCc1nc(C)c(C(=O)N2CCCc3c(N)cccc32)s1.Cl.Cl. The monoisotopic (exact) mass is 387 g/mol. The highest BCUT2D eigenvalue weighted by atomic mass is 35.5. The normalized spacial score (nSPS) is 12.8. The smallest absolute Gasteiger partial charge is 0.270 e. The lowest BCUT2D eigenvalue weighted by molar-refractivity contribution is 0.0988. The van der Waals surface area contributed by atoms with E-state index in [4.69, 9.17) is 5.73 Å². The summed E-state index contributed by atoms with van der Waals surface area (Å²) in [7, 11) is 0. The van der Waals surface area contributed by atoms with Crippen molar-refractivity contribution in [3.05, 3.63) is 39.3 Å². The molecule has 132 valence electrons. The van der Waals surface area contributed by atoms with Crippen LogP contribution in [0.1, 0.15) is 45.7 Å². The van der Waals surface area contributed by atoms with Gasteiger partial charge in [0.1, 0.15) is 4.88 Å². The lowest BCUT2D eigenvalue weighted by atomic mass is 9.99. The number of rotatable bonds is 3. The predicted molar refractivity (Wildman–Crippen MR) is 106 cm³/mol. The maximum atomic E-state index is 13.0. The number of halogens is 2. The van der Waals surface area contributed by atoms with Crippen LogP contribution in [0, 0.1) is 6.92 Å². The molecule has 0 saturated carbocycles. The molecule has 1 amide bonds. The molecule has 1 aromatic carbocycles. The zero-order valence-corrected chi connectivity index (χ0v) is 16.3. The van der Waals surface area contributed by atoms with Crippen molar-refractivity contribution < 1.29 is 4.79 Å². The van der Waals surface area contributed by atoms with E-state index in [0.717, 1.165) is 64.7 Å². The summed E-state index contributed by atoms with van der Waals surface area (Å²) in [5.74, 6) is 0.0592. The molecule has 0 radical (unpaired) electrons. The van der Waals surface area contributed by atoms with E-state index in [-0.39, 0.29) is 30.7 Å². The molecule has 0 unspecified atom stereocenters. The van der Waals surface area contributed by atoms with Gasteiger partial charge in [0, 0.05) is 17.9 Å². The Morgan fingerprint density at radius 1 is 1.38 bits per heavy atom. The Kier molecular flexibility index (Phi) is 7.52. The van der Waals surface area contributed by atoms with Crippen molar-refractivity contribution in [2.75, 3.05) is 17.2 Å². The van der Waals surface area contributed by atoms with Gasteiger partial charge in [-0.05, 0) is 50.3 Å². The average molecular weight is 388 g/mol. The number of carbonyl (C=O) groups excluding carboxylic acids is 1. The second-order valence-electron chi connectivity index (χ2n) is 5.68. The molecule has 0 spiro atoms. The summed E-state index contributed by atoms with van der Waals surface area (Å²) in [6.07, 6.45) is 3.87. The van der Waals surface area contributed by atoms with E-state index in [0.29, 0.717) is 0 Å². The number of nitrogens with zero attached hydrogens (tertiary/aromatic N) is 2. The van der Waals surface area contributed by atoms with Gasteiger partial charge in [0.25, 0.3) is 5.91 Å². The van der Waals surface area contributed by atoms with Crippen LogP contribution in [-0.2, 0) is 12.8 Å². The molecule has 4 nitrogen and oxygen atoms in total. The van der Waals surface area contributed by atoms with E-state index < -0.39 is 0 Å². The van der Waals surface area contributed by atoms with Gasteiger partial charge in [-0.1, -0.05) is 13.0 Å². The minimum atomic E-state index is 0. The molecular formula is C17H23Cl2N3OS. The first-order valence-corrected chi connectivity index (χ1v) is 8.59. The van der Waals surface area contributed by atoms with Gasteiger partial charge in [-0.25, -0.2) is 4.98 Å². The number of aryl methyl sites for hydroxylation is 2. The first kappa shape index (κ1) is 20.7. The molecule has 0 fully saturated rings. The van der Waals surface area contributed by atoms with Crippen LogP contribution in [0.2, 0.25) is 0 Å². The van der Waals surface area contributed by atoms with Crippen LogP contribution in [0.5, 0.6) is 0 Å². The molecule has 3 rings (SSSR count). The van der Waals surface area contributed by atoms with E-state index in [1.807, 2.05) is 30.0 Å². The van der Waals surface area contributed by atoms with Crippen LogP contribution in [0.3, 0.4) is 0 Å². The number of carbonyl (C=O) groups is 1. The van der Waals surface area contributed by atoms with Gasteiger partial charge >= 0.3 is 0 Å². The fourth-order valence-corrected chi connectivity index (χ4v) is 4.07. The molecule has 2 N–H and O–H groups in total. The van der Waals surface area contributed by atoms with E-state index in [1.54, 1.807) is 0 Å². The Balaban J connectivity index is 0.00000144. The van der Waals surface area contributed by atoms with Gasteiger partial charge in [0.05, 0.1) is 10.7 Å². The van der Waals surface area contributed by atoms with Crippen LogP contribution in [0.4, 0.5) is 11.4 Å². The van der Waals surface area contributed by atoms with Crippen molar-refractivity contribution >= 4 is 53.4 Å². The Bertz CT molecular complexity index is 718. The van der Waals surface area contributed by atoms with Gasteiger partial charge in [-0.2, -0.15) is 0 Å². The molecule has 0 bridgehead atoms. The highest BCUT2D eigenvalue weighted by molar-refractivity contribution is 7.14. The number of hydrogen-bond acceptors (Lipinski definition) is 4. The van der Waals surface area contributed by atoms with Crippen LogP contribution >= 0.6 is 36.2 Å². The topological polar surface area (TPSA) is 59.2 Å². The molecule has 0 atom stereocenters. The van der Waals surface area contributed by atoms with E-state index >= 15 is 0 Å². The van der Waals surface area contributed by atoms with Crippen molar-refractivity contribution in [3.8, 4) is 0 Å². The predicted octanol–water partition coefficient (Wildman–Crippen LogP) is 4.42. The minimum Gasteiger partial charge on any atom is -0.398 e. The van der Waals surface area contributed by atoms with Crippen LogP contribution in [0.15, 0.2) is 18.2 Å². The van der Waals surface area contributed by atoms with Gasteiger partial charge in [-0.3, -0.25) is 4.79 Å². The zero-order chi connectivity index (χ0) is 15.7. The van der Waals surface area contributed by atoms with Gasteiger partial charge < -0.3 is 10.6 Å². The quantitative estimate of drug-likeness (QED) is 0.792. The molecule has 1 aliphatic rings. The lowest BCUT2D eigenvalue weighted by Crippen LogP contribution is -2.35. The maximum Gasteiger partial charge on any atom is 0.270 e. The molecule has 1 aliphatic heterocycles. The first-order chi connectivity index (χ1) is 10.6. The number of amides is 1. The molecule has 1 aromatic heterocycles. The van der Waals surface area contributed by atoms with Crippen LogP contribution in [-0.4, -0.2) is 17.4 Å². The summed E-state index contributed by atoms with van der Waals surface area (Å²) >= 11 is 1.53. The number of aromatic nitrogens is 1. The third-order valence-electron chi connectivity index (χ3n) is 4.03. The summed E-state index contributed by atoms with van der Waals surface area (Å²) in [4.78, 5) is 20.1. The lowest BCUT2D eigenvalue weighted by Gasteiger charge is -2.30. The van der Waals surface area contributed by atoms with Gasteiger partial charge in [0.2, 0.25) is 0 Å². The van der Waals surface area contributed by atoms with Crippen molar-refractivity contribution in [3.63, 3.8) is 0 Å². The Morgan fingerprint density at radius 3 is 2.83 bits per heavy atom. The zero-order valence-electron chi connectivity index (χ0n) is 13.9. The molecule has 24 heavy (non-hydrogen) atoms. The number of thiazole rings is 1. The third-order valence-corrected chi connectivity index (χ3v) is 5.24. The fraction of sp³-hybridized carbons (Fsp3) is 0.412. The Hall–Kier alpha value is -1.30. The summed E-state index contributed by atoms with van der Waals surface area (Å²) < 4.78 is 0. The minimum absolute atomic E-state index is 0. The number of nitrogen functional groups attached to an aromatic ring is 1. The number of hydrogen-bond donors (Lipinski definition) is 1. The standard InChI is InChI=1S/C17H21N3OS.2ClH/c1-3-6-15-19-11(2)16(22-15)17(21)20-10-5-7-12-13(18)8-4-9-14(12)20;;/h4,8-9H,3,5-7,10,18H2,1-2H3;2*1H. The molecule has 2 heterocycles. The number of fused-ring (bicyclic) bond motifs is 1. The second kappa shape index (κ2) is 8.70. The van der Waals surface area contributed by atoms with Crippen molar-refractivity contribution in [1.29, 1.82) is 0 Å². The van der Waals surface area contributed by atoms with Crippen molar-refractivity contribution in [2.24, 2.45) is 0 Å². The molecule has 0 aliphatic carbocycles. The van der Waals surface area contributed by atoms with Crippen molar-refractivity contribution in [2.45, 2.75) is 39.5 Å². The second-order valence-corrected chi connectivity index (χ2v) is 6.76. The van der Waals surface area contributed by atoms with Crippen LogP contribution in [0.25, 0.3) is 0 Å². The van der Waals surface area contributed by atoms with E-state index in [1.165, 1.54) is 11.3 Å². The summed E-state index contributed by atoms with van der Waals surface area (Å²) in [5.41, 5.74) is 9.75. The highest BCUT2D eigenvalue weighted by Gasteiger charge is 2.27. The Labute approximate surface area is 159 Å². The molecule has 2 aromatic rings. The average Bonchev–Trinajstić information content (AvgIpc) is 2.87. The van der Waals surface area contributed by atoms with Crippen molar-refractivity contribution in [1.82, 2.24) is 4.98 Å². The van der Waals surface area contributed by atoms with Crippen LogP contribution < -0.4 is 10.6 Å². The van der Waals surface area contributed by atoms with E-state index in [9.17, 15) is 4.79 Å². The first-order valence-electron chi connectivity index (χ1n) is 7.77. The third kappa shape index (κ3) is 3.85. The summed E-state index contributed by atoms with van der Waals surface area (Å²) in [6.45, 7) is 4.80. The fourth-order valence-electron chi connectivity index (χ4n) is 2.96. The number of anilines is 2. The largest absolute Gasteiger partial charge is 0.398 e. The summed E-state index contributed by atoms with van der Waals surface area (Å²) in [5, 5.41) is 1.05. The molecule has 0 saturated heterocycles. The van der Waals surface area contributed by atoms with Gasteiger partial charge in [0.15, 0.2) is 0 Å². The highest BCUT2D eigenvalue weighted by Crippen LogP contribution is 2.33. The maximum absolute atomic E-state index is 13.0.